The molecule has 1 aromatic heterocycles. The Morgan fingerprint density at radius 2 is 1.89 bits per heavy atom. The SMILES string of the molecule is O=C(OCc1csc(COc2ccc(Cl)cc2)n1)c1ccc([N+](=O)[O-])cc1Cl. The lowest BCUT2D eigenvalue weighted by Gasteiger charge is -2.05. The van der Waals surface area contributed by atoms with Crippen LogP contribution in [-0.4, -0.2) is 15.9 Å². The predicted molar refractivity (Wildman–Crippen MR) is 105 cm³/mol. The lowest BCUT2D eigenvalue weighted by molar-refractivity contribution is -0.384. The first kappa shape index (κ1) is 20.1. The average molecular weight is 439 g/mol. The Hall–Kier alpha value is -2.68. The minimum atomic E-state index is -0.688. The van der Waals surface area contributed by atoms with Gasteiger partial charge in [-0.05, 0) is 30.3 Å². The van der Waals surface area contributed by atoms with E-state index < -0.39 is 10.9 Å². The molecule has 2 aromatic carbocycles. The summed E-state index contributed by atoms with van der Waals surface area (Å²) in [6, 6.07) is 10.5. The summed E-state index contributed by atoms with van der Waals surface area (Å²) < 4.78 is 10.8. The second kappa shape index (κ2) is 9.01. The van der Waals surface area contributed by atoms with E-state index in [0.717, 1.165) is 11.1 Å². The van der Waals surface area contributed by atoms with E-state index in [9.17, 15) is 14.9 Å². The summed E-state index contributed by atoms with van der Waals surface area (Å²) in [5, 5.41) is 13.8. The molecule has 144 valence electrons. The van der Waals surface area contributed by atoms with Gasteiger partial charge in [0.15, 0.2) is 0 Å². The number of halogens is 2. The highest BCUT2D eigenvalue weighted by atomic mass is 35.5. The zero-order valence-corrected chi connectivity index (χ0v) is 16.5. The minimum absolute atomic E-state index is 0.0467. The Kier molecular flexibility index (Phi) is 6.45. The molecule has 3 aromatic rings. The van der Waals surface area contributed by atoms with Crippen molar-refractivity contribution >= 4 is 46.2 Å². The summed E-state index contributed by atoms with van der Waals surface area (Å²) in [6.45, 7) is 0.220. The summed E-state index contributed by atoms with van der Waals surface area (Å²) in [4.78, 5) is 26.6. The molecule has 0 amide bonds. The number of hydrogen-bond donors (Lipinski definition) is 0. The van der Waals surface area contributed by atoms with E-state index in [0.29, 0.717) is 16.5 Å². The first-order valence-electron chi connectivity index (χ1n) is 7.85. The zero-order chi connectivity index (χ0) is 20.1. The second-order valence-corrected chi connectivity index (χ2v) is 7.26. The van der Waals surface area contributed by atoms with Crippen molar-refractivity contribution in [2.75, 3.05) is 0 Å². The van der Waals surface area contributed by atoms with Crippen molar-refractivity contribution in [3.63, 3.8) is 0 Å². The molecular formula is C18H12Cl2N2O5S. The van der Waals surface area contributed by atoms with Crippen molar-refractivity contribution in [3.8, 4) is 5.75 Å². The maximum atomic E-state index is 12.1. The van der Waals surface area contributed by atoms with Gasteiger partial charge in [-0.1, -0.05) is 23.2 Å². The molecule has 0 radical (unpaired) electrons. The number of esters is 1. The van der Waals surface area contributed by atoms with Crippen molar-refractivity contribution in [2.24, 2.45) is 0 Å². The molecule has 0 unspecified atom stereocenters. The van der Waals surface area contributed by atoms with Crippen LogP contribution in [0.2, 0.25) is 10.0 Å². The van der Waals surface area contributed by atoms with Gasteiger partial charge in [0.2, 0.25) is 0 Å². The molecule has 0 aliphatic rings. The monoisotopic (exact) mass is 438 g/mol. The van der Waals surface area contributed by atoms with Gasteiger partial charge in [-0.3, -0.25) is 10.1 Å². The molecule has 0 saturated carbocycles. The quantitative estimate of drug-likeness (QED) is 0.282. The first-order chi connectivity index (χ1) is 13.4. The van der Waals surface area contributed by atoms with Crippen LogP contribution in [0.25, 0.3) is 0 Å². The number of rotatable bonds is 7. The summed E-state index contributed by atoms with van der Waals surface area (Å²) in [7, 11) is 0. The highest BCUT2D eigenvalue weighted by Gasteiger charge is 2.16. The fraction of sp³-hybridized carbons (Fsp3) is 0.111. The molecule has 0 aliphatic carbocycles. The van der Waals surface area contributed by atoms with Crippen LogP contribution in [0.1, 0.15) is 21.1 Å². The van der Waals surface area contributed by atoms with Crippen LogP contribution in [0, 0.1) is 10.1 Å². The third kappa shape index (κ3) is 5.19. The molecule has 0 spiro atoms. The molecule has 0 bridgehead atoms. The van der Waals surface area contributed by atoms with Crippen molar-refractivity contribution in [1.82, 2.24) is 4.98 Å². The van der Waals surface area contributed by atoms with Crippen LogP contribution in [0.4, 0.5) is 5.69 Å². The van der Waals surface area contributed by atoms with E-state index in [4.69, 9.17) is 32.7 Å². The number of carbonyl (C=O) groups excluding carboxylic acids is 1. The Labute approximate surface area is 173 Å². The molecule has 0 saturated heterocycles. The van der Waals surface area contributed by atoms with Crippen LogP contribution in [0.15, 0.2) is 47.8 Å². The summed E-state index contributed by atoms with van der Waals surface area (Å²) >= 11 is 13.1. The van der Waals surface area contributed by atoms with Gasteiger partial charge < -0.3 is 9.47 Å². The first-order valence-corrected chi connectivity index (χ1v) is 9.48. The number of hydrogen-bond acceptors (Lipinski definition) is 7. The minimum Gasteiger partial charge on any atom is -0.486 e. The van der Waals surface area contributed by atoms with Gasteiger partial charge >= 0.3 is 5.97 Å². The standard InChI is InChI=1S/C18H12Cl2N2O5S/c19-11-1-4-14(5-2-11)26-9-17-21-12(10-28-17)8-27-18(23)15-6-3-13(22(24)25)7-16(15)20/h1-7,10H,8-9H2. The van der Waals surface area contributed by atoms with Crippen LogP contribution >= 0.6 is 34.5 Å². The van der Waals surface area contributed by atoms with Crippen molar-refractivity contribution in [1.29, 1.82) is 0 Å². The molecule has 7 nitrogen and oxygen atoms in total. The maximum Gasteiger partial charge on any atom is 0.340 e. The van der Waals surface area contributed by atoms with E-state index in [1.54, 1.807) is 29.6 Å². The smallest absolute Gasteiger partial charge is 0.340 e. The van der Waals surface area contributed by atoms with E-state index in [1.165, 1.54) is 23.5 Å². The van der Waals surface area contributed by atoms with Crippen LogP contribution in [0.3, 0.4) is 0 Å². The lowest BCUT2D eigenvalue weighted by Crippen LogP contribution is -2.06. The topological polar surface area (TPSA) is 91.6 Å². The number of nitrogens with zero attached hydrogens (tertiary/aromatic N) is 2. The number of carbonyl (C=O) groups is 1. The third-order valence-electron chi connectivity index (χ3n) is 3.51. The van der Waals surface area contributed by atoms with E-state index >= 15 is 0 Å². The van der Waals surface area contributed by atoms with Gasteiger partial charge in [0, 0.05) is 22.5 Å². The van der Waals surface area contributed by atoms with E-state index in [1.807, 2.05) is 0 Å². The molecule has 0 N–H and O–H groups in total. The lowest BCUT2D eigenvalue weighted by atomic mass is 10.2. The number of aromatic nitrogens is 1. The third-order valence-corrected chi connectivity index (χ3v) is 4.95. The molecule has 0 aliphatic heterocycles. The van der Waals surface area contributed by atoms with Crippen LogP contribution < -0.4 is 4.74 Å². The number of nitro benzene ring substituents is 1. The fourth-order valence-corrected chi connectivity index (χ4v) is 3.23. The van der Waals surface area contributed by atoms with Crippen LogP contribution in [-0.2, 0) is 18.0 Å². The Balaban J connectivity index is 1.54. The molecular weight excluding hydrogens is 427 g/mol. The van der Waals surface area contributed by atoms with Gasteiger partial charge in [-0.2, -0.15) is 0 Å². The number of benzene rings is 2. The second-order valence-electron chi connectivity index (χ2n) is 5.47. The van der Waals surface area contributed by atoms with Gasteiger partial charge in [0.05, 0.1) is 21.2 Å². The van der Waals surface area contributed by atoms with Crippen LogP contribution in [0.5, 0.6) is 5.75 Å². The number of non-ortho nitro benzene ring substituents is 1. The summed E-state index contributed by atoms with van der Waals surface area (Å²) in [6.07, 6.45) is 0. The van der Waals surface area contributed by atoms with Gasteiger partial charge in [0.1, 0.15) is 24.0 Å². The van der Waals surface area contributed by atoms with Gasteiger partial charge in [-0.25, -0.2) is 9.78 Å². The van der Waals surface area contributed by atoms with Crippen molar-refractivity contribution in [3.05, 3.63) is 84.3 Å². The average Bonchev–Trinajstić information content (AvgIpc) is 3.13. The van der Waals surface area contributed by atoms with E-state index in [2.05, 4.69) is 4.98 Å². The van der Waals surface area contributed by atoms with Gasteiger partial charge in [-0.15, -0.1) is 11.3 Å². The molecule has 28 heavy (non-hydrogen) atoms. The summed E-state index contributed by atoms with van der Waals surface area (Å²) in [5.74, 6) is -0.0211. The number of nitro groups is 1. The molecule has 3 rings (SSSR count). The Morgan fingerprint density at radius 3 is 2.57 bits per heavy atom. The number of thiazole rings is 1. The largest absolute Gasteiger partial charge is 0.486 e. The maximum absolute atomic E-state index is 12.1. The van der Waals surface area contributed by atoms with Crippen molar-refractivity contribution < 1.29 is 19.2 Å². The molecule has 0 fully saturated rings. The fourth-order valence-electron chi connectivity index (χ4n) is 2.16. The van der Waals surface area contributed by atoms with Crippen molar-refractivity contribution in [2.45, 2.75) is 13.2 Å². The zero-order valence-electron chi connectivity index (χ0n) is 14.1. The van der Waals surface area contributed by atoms with Gasteiger partial charge in [0.25, 0.3) is 5.69 Å². The number of ether oxygens (including phenoxy) is 2. The summed E-state index contributed by atoms with van der Waals surface area (Å²) in [5.41, 5.74) is 0.409. The Morgan fingerprint density at radius 1 is 1.14 bits per heavy atom. The Bertz CT molecular complexity index is 1010. The predicted octanol–water partition coefficient (Wildman–Crippen LogP) is 5.29. The highest BCUT2D eigenvalue weighted by Crippen LogP contribution is 2.24. The normalized spacial score (nSPS) is 10.5. The van der Waals surface area contributed by atoms with E-state index in [-0.39, 0.29) is 29.5 Å². The molecule has 0 atom stereocenters. The highest BCUT2D eigenvalue weighted by molar-refractivity contribution is 7.09. The molecule has 10 heteroatoms. The molecule has 1 heterocycles.